The highest BCUT2D eigenvalue weighted by Gasteiger charge is 2.58. The van der Waals surface area contributed by atoms with Crippen molar-refractivity contribution in [2.24, 2.45) is 23.7 Å². The molecular weight excluding hydrogens is 152 g/mol. The van der Waals surface area contributed by atoms with Crippen molar-refractivity contribution in [3.05, 3.63) is 0 Å². The molecular formula is C10H14O2. The van der Waals surface area contributed by atoms with Crippen LogP contribution in [0.25, 0.3) is 0 Å². The normalized spacial score (nSPS) is 56.4. The van der Waals surface area contributed by atoms with Crippen LogP contribution in [0.4, 0.5) is 0 Å². The van der Waals surface area contributed by atoms with Crippen molar-refractivity contribution in [2.45, 2.75) is 31.8 Å². The number of fused-ring (bicyclic) bond motifs is 5. The molecule has 0 aliphatic heterocycles. The molecule has 66 valence electrons. The molecule has 0 spiro atoms. The van der Waals surface area contributed by atoms with Gasteiger partial charge in [0, 0.05) is 12.3 Å². The predicted octanol–water partition coefficient (Wildman–Crippen LogP) is 0.982. The fourth-order valence-corrected chi connectivity index (χ4v) is 3.83. The van der Waals surface area contributed by atoms with Crippen LogP contribution in [-0.4, -0.2) is 17.0 Å². The summed E-state index contributed by atoms with van der Waals surface area (Å²) in [6, 6.07) is 0. The molecule has 2 heteroatoms. The highest BCUT2D eigenvalue weighted by atomic mass is 16.3. The van der Waals surface area contributed by atoms with Crippen molar-refractivity contribution in [1.29, 1.82) is 0 Å². The van der Waals surface area contributed by atoms with Crippen molar-refractivity contribution >= 4 is 5.78 Å². The molecule has 3 rings (SSSR count). The Kier molecular flexibility index (Phi) is 1.24. The number of rotatable bonds is 0. The Hall–Kier alpha value is -0.370. The van der Waals surface area contributed by atoms with Gasteiger partial charge in [-0.2, -0.15) is 0 Å². The summed E-state index contributed by atoms with van der Waals surface area (Å²) < 4.78 is 0. The molecule has 0 aromatic heterocycles. The lowest BCUT2D eigenvalue weighted by atomic mass is 9.81. The molecule has 3 aliphatic rings. The molecule has 5 atom stereocenters. The Morgan fingerprint density at radius 3 is 2.58 bits per heavy atom. The van der Waals surface area contributed by atoms with E-state index in [9.17, 15) is 9.90 Å². The topological polar surface area (TPSA) is 37.3 Å². The summed E-state index contributed by atoms with van der Waals surface area (Å²) in [7, 11) is 0. The van der Waals surface area contributed by atoms with E-state index >= 15 is 0 Å². The van der Waals surface area contributed by atoms with Crippen LogP contribution in [0.5, 0.6) is 0 Å². The van der Waals surface area contributed by atoms with Gasteiger partial charge < -0.3 is 5.11 Å². The van der Waals surface area contributed by atoms with Gasteiger partial charge in [-0.1, -0.05) is 0 Å². The lowest BCUT2D eigenvalue weighted by molar-refractivity contribution is -0.122. The second kappa shape index (κ2) is 2.11. The summed E-state index contributed by atoms with van der Waals surface area (Å²) in [5.41, 5.74) is 0. The first-order valence-electron chi connectivity index (χ1n) is 5.00. The van der Waals surface area contributed by atoms with E-state index in [4.69, 9.17) is 0 Å². The molecule has 0 amide bonds. The van der Waals surface area contributed by atoms with Crippen LogP contribution in [0.2, 0.25) is 0 Å². The number of carbonyl (C=O) groups excluding carboxylic acids is 1. The zero-order chi connectivity index (χ0) is 8.29. The number of hydrogen-bond acceptors (Lipinski definition) is 2. The number of ketones is 1. The van der Waals surface area contributed by atoms with Crippen LogP contribution in [-0.2, 0) is 4.79 Å². The third kappa shape index (κ3) is 0.634. The highest BCUT2D eigenvalue weighted by Crippen LogP contribution is 2.57. The van der Waals surface area contributed by atoms with Gasteiger partial charge >= 0.3 is 0 Å². The average Bonchev–Trinajstić information content (AvgIpc) is 2.66. The molecule has 0 heterocycles. The first kappa shape index (κ1) is 7.07. The van der Waals surface area contributed by atoms with Crippen LogP contribution >= 0.6 is 0 Å². The smallest absolute Gasteiger partial charge is 0.136 e. The minimum Gasteiger partial charge on any atom is -0.393 e. The summed E-state index contributed by atoms with van der Waals surface area (Å²) >= 11 is 0. The molecule has 0 radical (unpaired) electrons. The molecule has 3 fully saturated rings. The predicted molar refractivity (Wildman–Crippen MR) is 43.4 cm³/mol. The first-order valence-corrected chi connectivity index (χ1v) is 5.00. The van der Waals surface area contributed by atoms with Crippen LogP contribution < -0.4 is 0 Å². The van der Waals surface area contributed by atoms with E-state index in [0.717, 1.165) is 19.3 Å². The summed E-state index contributed by atoms with van der Waals surface area (Å²) in [6.45, 7) is 0. The number of aliphatic hydroxyl groups excluding tert-OH is 1. The van der Waals surface area contributed by atoms with E-state index in [1.54, 1.807) is 0 Å². The van der Waals surface area contributed by atoms with Crippen LogP contribution in [0, 0.1) is 23.7 Å². The van der Waals surface area contributed by atoms with Gasteiger partial charge in [-0.15, -0.1) is 0 Å². The number of aliphatic hydroxyl groups is 1. The van der Waals surface area contributed by atoms with E-state index in [0.29, 0.717) is 23.5 Å². The Morgan fingerprint density at radius 1 is 1.08 bits per heavy atom. The zero-order valence-corrected chi connectivity index (χ0v) is 7.07. The maximum absolute atomic E-state index is 11.5. The monoisotopic (exact) mass is 166 g/mol. The minimum absolute atomic E-state index is 0.135. The van der Waals surface area contributed by atoms with Crippen LogP contribution in [0.1, 0.15) is 25.7 Å². The summed E-state index contributed by atoms with van der Waals surface area (Å²) in [4.78, 5) is 11.5. The first-order chi connectivity index (χ1) is 5.79. The van der Waals surface area contributed by atoms with Gasteiger partial charge in [0.2, 0.25) is 0 Å². The summed E-state index contributed by atoms with van der Waals surface area (Å²) in [5.74, 6) is 2.08. The van der Waals surface area contributed by atoms with Gasteiger partial charge in [-0.25, -0.2) is 0 Å². The third-order valence-corrected chi connectivity index (χ3v) is 4.28. The van der Waals surface area contributed by atoms with Gasteiger partial charge in [0.1, 0.15) is 5.78 Å². The van der Waals surface area contributed by atoms with E-state index in [2.05, 4.69) is 0 Å². The van der Waals surface area contributed by atoms with E-state index in [-0.39, 0.29) is 12.0 Å². The summed E-state index contributed by atoms with van der Waals surface area (Å²) in [6.07, 6.45) is 3.97. The van der Waals surface area contributed by atoms with Gasteiger partial charge in [-0.05, 0) is 37.0 Å². The standard InChI is InChI=1S/C10H14O2/c11-8-4-3-5-6-1-2-7(9(5)8)10(6)12/h5-7,9-10,12H,1-4H2. The molecule has 0 saturated heterocycles. The van der Waals surface area contributed by atoms with E-state index < -0.39 is 0 Å². The molecule has 0 aromatic carbocycles. The van der Waals surface area contributed by atoms with Crippen molar-refractivity contribution in [1.82, 2.24) is 0 Å². The van der Waals surface area contributed by atoms with E-state index in [1.807, 2.05) is 0 Å². The molecule has 2 nitrogen and oxygen atoms in total. The molecule has 3 saturated carbocycles. The van der Waals surface area contributed by atoms with Gasteiger partial charge in [0.05, 0.1) is 6.10 Å². The van der Waals surface area contributed by atoms with Crippen molar-refractivity contribution in [3.8, 4) is 0 Å². The maximum atomic E-state index is 11.5. The Labute approximate surface area is 72.0 Å². The number of hydrogen-bond donors (Lipinski definition) is 1. The molecule has 5 unspecified atom stereocenters. The van der Waals surface area contributed by atoms with Crippen molar-refractivity contribution in [2.75, 3.05) is 0 Å². The zero-order valence-electron chi connectivity index (χ0n) is 7.07. The Morgan fingerprint density at radius 2 is 1.83 bits per heavy atom. The largest absolute Gasteiger partial charge is 0.393 e. The van der Waals surface area contributed by atoms with Crippen molar-refractivity contribution in [3.63, 3.8) is 0 Å². The lowest BCUT2D eigenvalue weighted by Gasteiger charge is -2.21. The minimum atomic E-state index is -0.135. The molecule has 12 heavy (non-hydrogen) atoms. The second-order valence-electron chi connectivity index (χ2n) is 4.59. The van der Waals surface area contributed by atoms with Gasteiger partial charge in [0.25, 0.3) is 0 Å². The Bertz CT molecular complexity index is 234. The second-order valence-corrected chi connectivity index (χ2v) is 4.59. The van der Waals surface area contributed by atoms with Crippen molar-refractivity contribution < 1.29 is 9.90 Å². The highest BCUT2D eigenvalue weighted by molar-refractivity contribution is 5.84. The SMILES string of the molecule is O=C1CCC2C3CCC(C3O)C12. The van der Waals surface area contributed by atoms with Crippen LogP contribution in [0.3, 0.4) is 0 Å². The summed E-state index contributed by atoms with van der Waals surface area (Å²) in [5, 5.41) is 9.80. The quantitative estimate of drug-likeness (QED) is 0.582. The average molecular weight is 166 g/mol. The van der Waals surface area contributed by atoms with Crippen LogP contribution in [0.15, 0.2) is 0 Å². The van der Waals surface area contributed by atoms with E-state index in [1.165, 1.54) is 6.42 Å². The fraction of sp³-hybridized carbons (Fsp3) is 0.900. The molecule has 0 aromatic rings. The molecule has 1 N–H and O–H groups in total. The molecule has 3 aliphatic carbocycles. The molecule has 2 bridgehead atoms. The fourth-order valence-electron chi connectivity index (χ4n) is 3.83. The number of carbonyl (C=O) groups is 1. The van der Waals surface area contributed by atoms with Gasteiger partial charge in [-0.3, -0.25) is 4.79 Å². The third-order valence-electron chi connectivity index (χ3n) is 4.28. The number of Topliss-reactive ketones (excluding diaryl/α,β-unsaturated/α-hetero) is 1. The van der Waals surface area contributed by atoms with Gasteiger partial charge in [0.15, 0.2) is 0 Å². The maximum Gasteiger partial charge on any atom is 0.136 e. The Balaban J connectivity index is 1.98. The lowest BCUT2D eigenvalue weighted by Crippen LogP contribution is -2.22.